The maximum atomic E-state index is 12.1. The topological polar surface area (TPSA) is 80.3 Å². The largest absolute Gasteiger partial charge is 0.493 e. The first-order chi connectivity index (χ1) is 13.6. The number of rotatable bonds is 8. The van der Waals surface area contributed by atoms with E-state index in [1.807, 2.05) is 60.0 Å². The molecule has 2 N–H and O–H groups in total. The summed E-state index contributed by atoms with van der Waals surface area (Å²) < 4.78 is 5.53. The van der Waals surface area contributed by atoms with Crippen molar-refractivity contribution in [3.8, 4) is 17.0 Å². The number of ether oxygens (including phenoxy) is 1. The minimum atomic E-state index is -0.137. The molecule has 0 fully saturated rings. The summed E-state index contributed by atoms with van der Waals surface area (Å²) in [6.45, 7) is 2.30. The number of hydrogen-bond acceptors (Lipinski definition) is 5. The highest BCUT2D eigenvalue weighted by Gasteiger charge is 2.09. The average Bonchev–Trinajstić information content (AvgIpc) is 3.16. The second kappa shape index (κ2) is 9.66. The Kier molecular flexibility index (Phi) is 6.75. The number of hydrogen-bond donors (Lipinski definition) is 2. The highest BCUT2D eigenvalue weighted by Crippen LogP contribution is 2.25. The molecule has 0 unspecified atom stereocenters. The summed E-state index contributed by atoms with van der Waals surface area (Å²) in [7, 11) is 0. The van der Waals surface area contributed by atoms with Gasteiger partial charge in [0.2, 0.25) is 11.8 Å². The molecule has 144 valence electrons. The SMILES string of the molecule is CC(=O)NCc1ccc(-c2csc(NC(=O)CCOc3ccccc3)n2)cc1. The van der Waals surface area contributed by atoms with E-state index in [-0.39, 0.29) is 18.2 Å². The van der Waals surface area contributed by atoms with Crippen LogP contribution in [0.2, 0.25) is 0 Å². The van der Waals surface area contributed by atoms with Crippen LogP contribution in [0, 0.1) is 0 Å². The Hall–Kier alpha value is -3.19. The number of amides is 2. The van der Waals surface area contributed by atoms with Crippen molar-refractivity contribution in [1.82, 2.24) is 10.3 Å². The molecule has 0 aliphatic carbocycles. The summed E-state index contributed by atoms with van der Waals surface area (Å²) in [6.07, 6.45) is 0.252. The van der Waals surface area contributed by atoms with Crippen molar-refractivity contribution in [1.29, 1.82) is 0 Å². The maximum absolute atomic E-state index is 12.1. The van der Waals surface area contributed by atoms with Gasteiger partial charge in [-0.25, -0.2) is 4.98 Å². The van der Waals surface area contributed by atoms with Gasteiger partial charge >= 0.3 is 0 Å². The van der Waals surface area contributed by atoms with Gasteiger partial charge in [0.05, 0.1) is 18.7 Å². The molecule has 0 radical (unpaired) electrons. The monoisotopic (exact) mass is 395 g/mol. The van der Waals surface area contributed by atoms with Gasteiger partial charge in [0.1, 0.15) is 5.75 Å². The van der Waals surface area contributed by atoms with Gasteiger partial charge in [-0.2, -0.15) is 0 Å². The lowest BCUT2D eigenvalue weighted by atomic mass is 10.1. The first kappa shape index (κ1) is 19.6. The molecule has 0 atom stereocenters. The summed E-state index contributed by atoms with van der Waals surface area (Å²) in [4.78, 5) is 27.5. The van der Waals surface area contributed by atoms with Gasteiger partial charge in [0.15, 0.2) is 5.13 Å². The van der Waals surface area contributed by atoms with Crippen LogP contribution in [0.4, 0.5) is 5.13 Å². The lowest BCUT2D eigenvalue weighted by Gasteiger charge is -2.05. The zero-order valence-electron chi connectivity index (χ0n) is 15.5. The number of para-hydroxylation sites is 1. The molecule has 2 aromatic carbocycles. The molecule has 0 aliphatic heterocycles. The van der Waals surface area contributed by atoms with Crippen molar-refractivity contribution in [2.75, 3.05) is 11.9 Å². The number of nitrogens with zero attached hydrogens (tertiary/aromatic N) is 1. The fourth-order valence-corrected chi connectivity index (χ4v) is 3.18. The van der Waals surface area contributed by atoms with Crippen LogP contribution in [0.1, 0.15) is 18.9 Å². The molecule has 1 aromatic heterocycles. The molecule has 6 nitrogen and oxygen atoms in total. The summed E-state index contributed by atoms with van der Waals surface area (Å²) >= 11 is 1.38. The van der Waals surface area contributed by atoms with Gasteiger partial charge < -0.3 is 15.4 Å². The second-order valence-electron chi connectivity index (χ2n) is 6.10. The van der Waals surface area contributed by atoms with E-state index in [1.165, 1.54) is 18.3 Å². The van der Waals surface area contributed by atoms with E-state index < -0.39 is 0 Å². The van der Waals surface area contributed by atoms with Gasteiger partial charge in [0, 0.05) is 24.4 Å². The van der Waals surface area contributed by atoms with Crippen LogP contribution in [0.25, 0.3) is 11.3 Å². The lowest BCUT2D eigenvalue weighted by Crippen LogP contribution is -2.18. The van der Waals surface area contributed by atoms with Crippen LogP contribution in [-0.4, -0.2) is 23.4 Å². The predicted octanol–water partition coefficient (Wildman–Crippen LogP) is 3.85. The van der Waals surface area contributed by atoms with Crippen LogP contribution >= 0.6 is 11.3 Å². The van der Waals surface area contributed by atoms with Crippen LogP contribution in [0.3, 0.4) is 0 Å². The zero-order chi connectivity index (χ0) is 19.8. The van der Waals surface area contributed by atoms with Gasteiger partial charge in [-0.05, 0) is 17.7 Å². The molecule has 0 spiro atoms. The number of aromatic nitrogens is 1. The highest BCUT2D eigenvalue weighted by molar-refractivity contribution is 7.14. The number of carbonyl (C=O) groups excluding carboxylic acids is 2. The average molecular weight is 395 g/mol. The Balaban J connectivity index is 1.49. The Labute approximate surface area is 167 Å². The number of carbonyl (C=O) groups is 2. The molecule has 28 heavy (non-hydrogen) atoms. The molecule has 0 bridgehead atoms. The number of benzene rings is 2. The normalized spacial score (nSPS) is 10.3. The summed E-state index contributed by atoms with van der Waals surface area (Å²) in [5.41, 5.74) is 2.77. The van der Waals surface area contributed by atoms with Crippen molar-refractivity contribution >= 4 is 28.3 Å². The fraction of sp³-hybridized carbons (Fsp3) is 0.190. The van der Waals surface area contributed by atoms with Crippen molar-refractivity contribution in [2.45, 2.75) is 19.9 Å². The molecule has 2 amide bonds. The molecule has 7 heteroatoms. The van der Waals surface area contributed by atoms with Gasteiger partial charge in [0.25, 0.3) is 0 Å². The molecule has 0 saturated heterocycles. The third kappa shape index (κ3) is 5.92. The molecule has 0 aliphatic rings. The number of thiazole rings is 1. The van der Waals surface area contributed by atoms with Crippen LogP contribution in [0.15, 0.2) is 60.0 Å². The number of nitrogens with one attached hydrogen (secondary N) is 2. The number of anilines is 1. The molecule has 3 rings (SSSR count). The Morgan fingerprint density at radius 1 is 1.07 bits per heavy atom. The molecular weight excluding hydrogens is 374 g/mol. The zero-order valence-corrected chi connectivity index (χ0v) is 16.3. The van der Waals surface area contributed by atoms with Gasteiger partial charge in [-0.1, -0.05) is 42.5 Å². The second-order valence-corrected chi connectivity index (χ2v) is 6.96. The van der Waals surface area contributed by atoms with E-state index >= 15 is 0 Å². The molecular formula is C21H21N3O3S. The molecule has 0 saturated carbocycles. The van der Waals surface area contributed by atoms with Crippen LogP contribution in [-0.2, 0) is 16.1 Å². The van der Waals surface area contributed by atoms with Gasteiger partial charge in [-0.3, -0.25) is 9.59 Å². The first-order valence-electron chi connectivity index (χ1n) is 8.87. The Morgan fingerprint density at radius 2 is 1.82 bits per heavy atom. The first-order valence-corrected chi connectivity index (χ1v) is 9.75. The van der Waals surface area contributed by atoms with E-state index in [4.69, 9.17) is 4.74 Å². The minimum absolute atomic E-state index is 0.0573. The Bertz CT molecular complexity index is 924. The predicted molar refractivity (Wildman–Crippen MR) is 110 cm³/mol. The van der Waals surface area contributed by atoms with Gasteiger partial charge in [-0.15, -0.1) is 11.3 Å². The van der Waals surface area contributed by atoms with E-state index in [1.54, 1.807) is 0 Å². The van der Waals surface area contributed by atoms with E-state index in [0.29, 0.717) is 18.3 Å². The summed E-state index contributed by atoms with van der Waals surface area (Å²) in [5, 5.41) is 8.03. The highest BCUT2D eigenvalue weighted by atomic mass is 32.1. The van der Waals surface area contributed by atoms with Crippen molar-refractivity contribution in [2.24, 2.45) is 0 Å². The quantitative estimate of drug-likeness (QED) is 0.607. The van der Waals surface area contributed by atoms with Crippen LogP contribution < -0.4 is 15.4 Å². The van der Waals surface area contributed by atoms with Crippen molar-refractivity contribution in [3.05, 3.63) is 65.5 Å². The summed E-state index contributed by atoms with van der Waals surface area (Å²) in [5.74, 6) is 0.550. The lowest BCUT2D eigenvalue weighted by molar-refractivity contribution is -0.119. The third-order valence-electron chi connectivity index (χ3n) is 3.88. The van der Waals surface area contributed by atoms with Crippen molar-refractivity contribution in [3.63, 3.8) is 0 Å². The van der Waals surface area contributed by atoms with E-state index in [0.717, 1.165) is 22.6 Å². The summed E-state index contributed by atoms with van der Waals surface area (Å²) in [6, 6.07) is 17.2. The fourth-order valence-electron chi connectivity index (χ4n) is 2.44. The molecule has 3 aromatic rings. The van der Waals surface area contributed by atoms with Crippen molar-refractivity contribution < 1.29 is 14.3 Å². The van der Waals surface area contributed by atoms with E-state index in [2.05, 4.69) is 15.6 Å². The van der Waals surface area contributed by atoms with Crippen LogP contribution in [0.5, 0.6) is 5.75 Å². The molecule has 1 heterocycles. The third-order valence-corrected chi connectivity index (χ3v) is 4.64. The minimum Gasteiger partial charge on any atom is -0.493 e. The smallest absolute Gasteiger partial charge is 0.229 e. The maximum Gasteiger partial charge on any atom is 0.229 e. The standard InChI is InChI=1S/C21H21N3O3S/c1-15(25)22-13-16-7-9-17(10-8-16)19-14-28-21(23-19)24-20(26)11-12-27-18-5-3-2-4-6-18/h2-10,14H,11-13H2,1H3,(H,22,25)(H,23,24,26). The Morgan fingerprint density at radius 3 is 2.54 bits per heavy atom. The van der Waals surface area contributed by atoms with E-state index in [9.17, 15) is 9.59 Å².